The highest BCUT2D eigenvalue weighted by Gasteiger charge is 2.32. The number of amidine groups is 1. The zero-order valence-corrected chi connectivity index (χ0v) is 14.6. The molecule has 0 aromatic heterocycles. The third-order valence-corrected chi connectivity index (χ3v) is 4.64. The predicted molar refractivity (Wildman–Crippen MR) is 106 cm³/mol. The van der Waals surface area contributed by atoms with Gasteiger partial charge in [-0.25, -0.2) is 4.99 Å². The summed E-state index contributed by atoms with van der Waals surface area (Å²) in [6, 6.07) is 17.7. The Hall–Kier alpha value is -3.52. The minimum absolute atomic E-state index is 0.306. The van der Waals surface area contributed by atoms with Crippen LogP contribution in [0.5, 0.6) is 0 Å². The number of aryl methyl sites for hydroxylation is 1. The van der Waals surface area contributed by atoms with Gasteiger partial charge in [0, 0.05) is 23.0 Å². The highest BCUT2D eigenvalue weighted by atomic mass is 14.9. The number of hydrogen-bond acceptors (Lipinski definition) is 5. The van der Waals surface area contributed by atoms with Crippen molar-refractivity contribution in [2.45, 2.75) is 19.3 Å². The number of aliphatic imine (C=N–C) groups is 1. The van der Waals surface area contributed by atoms with Crippen molar-refractivity contribution in [3.05, 3.63) is 82.6 Å². The van der Waals surface area contributed by atoms with Crippen LogP contribution in [0, 0.1) is 11.3 Å². The molecule has 0 amide bonds. The van der Waals surface area contributed by atoms with Crippen LogP contribution in [0.4, 0.5) is 5.69 Å². The number of anilines is 1. The Morgan fingerprint density at radius 3 is 2.46 bits per heavy atom. The molecule has 130 valence electrons. The minimum Gasteiger partial charge on any atom is -0.404 e. The van der Waals surface area contributed by atoms with Crippen molar-refractivity contribution in [1.29, 1.82) is 5.26 Å². The lowest BCUT2D eigenvalue weighted by Crippen LogP contribution is -2.27. The molecule has 0 bridgehead atoms. The van der Waals surface area contributed by atoms with Crippen LogP contribution in [-0.2, 0) is 6.42 Å². The lowest BCUT2D eigenvalue weighted by atomic mass is 9.80. The van der Waals surface area contributed by atoms with Gasteiger partial charge in [-0.15, -0.1) is 0 Å². The van der Waals surface area contributed by atoms with Crippen molar-refractivity contribution in [3.63, 3.8) is 0 Å². The molecule has 0 radical (unpaired) electrons. The van der Waals surface area contributed by atoms with E-state index in [1.54, 1.807) is 6.07 Å². The van der Waals surface area contributed by atoms with Gasteiger partial charge in [0.15, 0.2) is 0 Å². The molecule has 0 aliphatic carbocycles. The maximum Gasteiger partial charge on any atom is 0.129 e. The van der Waals surface area contributed by atoms with E-state index in [-0.39, 0.29) is 0 Å². The maximum absolute atomic E-state index is 9.98. The van der Waals surface area contributed by atoms with Crippen molar-refractivity contribution >= 4 is 17.2 Å². The van der Waals surface area contributed by atoms with E-state index < -0.39 is 5.92 Å². The highest BCUT2D eigenvalue weighted by Crippen LogP contribution is 2.42. The van der Waals surface area contributed by atoms with E-state index in [4.69, 9.17) is 17.2 Å². The summed E-state index contributed by atoms with van der Waals surface area (Å²) in [6.45, 7) is 2.07. The third-order valence-electron chi connectivity index (χ3n) is 4.64. The van der Waals surface area contributed by atoms with Crippen LogP contribution in [0.1, 0.15) is 29.5 Å². The zero-order valence-electron chi connectivity index (χ0n) is 14.6. The van der Waals surface area contributed by atoms with E-state index in [0.29, 0.717) is 28.4 Å². The van der Waals surface area contributed by atoms with Crippen molar-refractivity contribution in [1.82, 2.24) is 0 Å². The normalized spacial score (nSPS) is 18.5. The molecule has 1 heterocycles. The Labute approximate surface area is 153 Å². The van der Waals surface area contributed by atoms with Crippen molar-refractivity contribution < 1.29 is 0 Å². The fourth-order valence-corrected chi connectivity index (χ4v) is 3.35. The first-order chi connectivity index (χ1) is 12.6. The largest absolute Gasteiger partial charge is 0.404 e. The average Bonchev–Trinajstić information content (AvgIpc) is 2.67. The summed E-state index contributed by atoms with van der Waals surface area (Å²) in [4.78, 5) is 4.53. The SMILES string of the molecule is CCc1ccccc1C1=C(C#N)C(c2ccccc2N)/C(=C/N)C(N)=N1. The third kappa shape index (κ3) is 2.82. The molecule has 26 heavy (non-hydrogen) atoms. The number of nitrogens with two attached hydrogens (primary N) is 3. The number of benzene rings is 2. The van der Waals surface area contributed by atoms with Crippen LogP contribution in [0.3, 0.4) is 0 Å². The van der Waals surface area contributed by atoms with Crippen molar-refractivity contribution in [2.24, 2.45) is 16.5 Å². The van der Waals surface area contributed by atoms with Crippen LogP contribution in [0.25, 0.3) is 5.70 Å². The molecule has 1 unspecified atom stereocenters. The molecule has 5 heteroatoms. The van der Waals surface area contributed by atoms with Crippen molar-refractivity contribution in [2.75, 3.05) is 5.73 Å². The Balaban J connectivity index is 2.33. The fraction of sp³-hybridized carbons (Fsp3) is 0.143. The minimum atomic E-state index is -0.441. The second kappa shape index (κ2) is 7.16. The summed E-state index contributed by atoms with van der Waals surface area (Å²) in [5, 5.41) is 9.98. The van der Waals surface area contributed by atoms with Crippen LogP contribution >= 0.6 is 0 Å². The second-order valence-corrected chi connectivity index (χ2v) is 6.07. The first kappa shape index (κ1) is 17.3. The van der Waals surface area contributed by atoms with E-state index in [2.05, 4.69) is 18.0 Å². The fourth-order valence-electron chi connectivity index (χ4n) is 3.35. The molecule has 1 atom stereocenters. The molecule has 3 rings (SSSR count). The standard InChI is InChI=1S/C21H21N5/c1-2-13-7-3-4-8-14(13)20-16(11-22)19(17(12-23)21(25)26-20)15-9-5-6-10-18(15)24/h3-10,12,19H,2,23-24H2,1H3,(H2,25,26)/b17-12-. The molecule has 0 saturated carbocycles. The molecule has 0 spiro atoms. The summed E-state index contributed by atoms with van der Waals surface area (Å²) < 4.78 is 0. The van der Waals surface area contributed by atoms with E-state index in [9.17, 15) is 5.26 Å². The Bertz CT molecular complexity index is 976. The molecule has 0 fully saturated rings. The maximum atomic E-state index is 9.98. The second-order valence-electron chi connectivity index (χ2n) is 6.07. The van der Waals surface area contributed by atoms with Gasteiger partial charge < -0.3 is 17.2 Å². The van der Waals surface area contributed by atoms with Gasteiger partial charge in [-0.05, 0) is 23.6 Å². The summed E-state index contributed by atoms with van der Waals surface area (Å²) in [6.07, 6.45) is 2.24. The van der Waals surface area contributed by atoms with Gasteiger partial charge in [-0.2, -0.15) is 5.26 Å². The predicted octanol–water partition coefficient (Wildman–Crippen LogP) is 3.06. The van der Waals surface area contributed by atoms with E-state index in [1.807, 2.05) is 42.5 Å². The quantitative estimate of drug-likeness (QED) is 0.743. The van der Waals surface area contributed by atoms with Gasteiger partial charge in [0.1, 0.15) is 5.84 Å². The lowest BCUT2D eigenvalue weighted by molar-refractivity contribution is 0.969. The number of rotatable bonds is 3. The molecule has 2 aromatic rings. The number of para-hydroxylation sites is 1. The van der Waals surface area contributed by atoms with Gasteiger partial charge >= 0.3 is 0 Å². The number of allylic oxidation sites excluding steroid dienone is 1. The summed E-state index contributed by atoms with van der Waals surface area (Å²) >= 11 is 0. The van der Waals surface area contributed by atoms with Crippen LogP contribution < -0.4 is 17.2 Å². The van der Waals surface area contributed by atoms with E-state index in [1.165, 1.54) is 6.20 Å². The smallest absolute Gasteiger partial charge is 0.129 e. The Kier molecular flexibility index (Phi) is 4.76. The van der Waals surface area contributed by atoms with Gasteiger partial charge in [0.2, 0.25) is 0 Å². The van der Waals surface area contributed by atoms with E-state index in [0.717, 1.165) is 23.1 Å². The molecule has 1 aliphatic rings. The van der Waals surface area contributed by atoms with E-state index >= 15 is 0 Å². The van der Waals surface area contributed by atoms with Gasteiger partial charge in [0.05, 0.1) is 23.3 Å². The first-order valence-electron chi connectivity index (χ1n) is 8.45. The number of nitriles is 1. The van der Waals surface area contributed by atoms with Gasteiger partial charge in [-0.1, -0.05) is 49.4 Å². The molecule has 2 aromatic carbocycles. The average molecular weight is 343 g/mol. The number of hydrogen-bond donors (Lipinski definition) is 3. The Morgan fingerprint density at radius 1 is 1.12 bits per heavy atom. The molecule has 5 nitrogen and oxygen atoms in total. The van der Waals surface area contributed by atoms with Crippen molar-refractivity contribution in [3.8, 4) is 6.07 Å². The van der Waals surface area contributed by atoms with Gasteiger partial charge in [0.25, 0.3) is 0 Å². The molecular formula is C21H21N5. The molecule has 0 saturated heterocycles. The van der Waals surface area contributed by atoms with Crippen LogP contribution in [0.15, 0.2) is 70.9 Å². The molecule has 1 aliphatic heterocycles. The van der Waals surface area contributed by atoms with Gasteiger partial charge in [-0.3, -0.25) is 0 Å². The number of nitrogen functional groups attached to an aromatic ring is 1. The zero-order chi connectivity index (χ0) is 18.7. The summed E-state index contributed by atoms with van der Waals surface area (Å²) in [5.41, 5.74) is 23.3. The highest BCUT2D eigenvalue weighted by molar-refractivity contribution is 6.06. The van der Waals surface area contributed by atoms with Crippen LogP contribution in [0.2, 0.25) is 0 Å². The number of nitrogens with zero attached hydrogens (tertiary/aromatic N) is 2. The lowest BCUT2D eigenvalue weighted by Gasteiger charge is -2.27. The monoisotopic (exact) mass is 343 g/mol. The topological polar surface area (TPSA) is 114 Å². The Morgan fingerprint density at radius 2 is 1.81 bits per heavy atom. The first-order valence-corrected chi connectivity index (χ1v) is 8.45. The van der Waals surface area contributed by atoms with Crippen LogP contribution in [-0.4, -0.2) is 5.84 Å². The summed E-state index contributed by atoms with van der Waals surface area (Å²) in [7, 11) is 0. The molecule has 6 N–H and O–H groups in total. The summed E-state index contributed by atoms with van der Waals surface area (Å²) in [5.74, 6) is -0.135. The molecular weight excluding hydrogens is 322 g/mol.